The molecule has 0 heterocycles. The largest absolute Gasteiger partial charge is 0.456 e. The molecule has 0 aromatic heterocycles. The SMILES string of the molecule is NC(=O)C#CC(=O)OCCCC(N)=O. The lowest BCUT2D eigenvalue weighted by Gasteiger charge is -1.97. The third-order valence-corrected chi connectivity index (χ3v) is 1.09. The van der Waals surface area contributed by atoms with Crippen molar-refractivity contribution in [3.05, 3.63) is 0 Å². The number of rotatable bonds is 4. The molecule has 0 radical (unpaired) electrons. The van der Waals surface area contributed by atoms with E-state index in [9.17, 15) is 14.4 Å². The third kappa shape index (κ3) is 8.07. The fraction of sp³-hybridized carbons (Fsp3) is 0.375. The van der Waals surface area contributed by atoms with Crippen LogP contribution in [0.4, 0.5) is 0 Å². The smallest absolute Gasteiger partial charge is 0.384 e. The minimum Gasteiger partial charge on any atom is -0.456 e. The summed E-state index contributed by atoms with van der Waals surface area (Å²) in [5, 5.41) is 0. The molecule has 76 valence electrons. The fourth-order valence-corrected chi connectivity index (χ4v) is 0.560. The molecule has 0 spiro atoms. The van der Waals surface area contributed by atoms with E-state index in [1.165, 1.54) is 0 Å². The Bertz CT molecular complexity index is 300. The number of amides is 2. The van der Waals surface area contributed by atoms with Crippen LogP contribution in [0, 0.1) is 11.8 Å². The van der Waals surface area contributed by atoms with Crippen molar-refractivity contribution in [2.45, 2.75) is 12.8 Å². The highest BCUT2D eigenvalue weighted by Crippen LogP contribution is 1.88. The fourth-order valence-electron chi connectivity index (χ4n) is 0.560. The van der Waals surface area contributed by atoms with Gasteiger partial charge in [-0.05, 0) is 6.42 Å². The van der Waals surface area contributed by atoms with Crippen molar-refractivity contribution in [1.82, 2.24) is 0 Å². The lowest BCUT2D eigenvalue weighted by molar-refractivity contribution is -0.137. The maximum Gasteiger partial charge on any atom is 0.384 e. The molecule has 0 unspecified atom stereocenters. The molecule has 6 nitrogen and oxygen atoms in total. The first-order valence-corrected chi connectivity index (χ1v) is 3.79. The first-order valence-electron chi connectivity index (χ1n) is 3.79. The Morgan fingerprint density at radius 3 is 2.29 bits per heavy atom. The zero-order valence-electron chi connectivity index (χ0n) is 7.41. The maximum atomic E-state index is 10.7. The van der Waals surface area contributed by atoms with Gasteiger partial charge in [0.2, 0.25) is 5.91 Å². The van der Waals surface area contributed by atoms with Crippen molar-refractivity contribution < 1.29 is 19.1 Å². The minimum absolute atomic E-state index is 0.0369. The van der Waals surface area contributed by atoms with E-state index in [0.717, 1.165) is 0 Å². The molecule has 0 bridgehead atoms. The molecule has 6 heteroatoms. The lowest BCUT2D eigenvalue weighted by Crippen LogP contribution is -2.12. The van der Waals surface area contributed by atoms with E-state index < -0.39 is 17.8 Å². The summed E-state index contributed by atoms with van der Waals surface area (Å²) in [6.45, 7) is 0.0369. The summed E-state index contributed by atoms with van der Waals surface area (Å²) < 4.78 is 4.51. The second kappa shape index (κ2) is 6.48. The molecule has 14 heavy (non-hydrogen) atoms. The van der Waals surface area contributed by atoms with Gasteiger partial charge in [-0.3, -0.25) is 9.59 Å². The number of carbonyl (C=O) groups excluding carboxylic acids is 3. The summed E-state index contributed by atoms with van der Waals surface area (Å²) in [7, 11) is 0. The monoisotopic (exact) mass is 198 g/mol. The number of esters is 1. The van der Waals surface area contributed by atoms with E-state index in [2.05, 4.69) is 10.5 Å². The molecule has 0 aliphatic rings. The Morgan fingerprint density at radius 2 is 1.79 bits per heavy atom. The predicted molar refractivity (Wildman–Crippen MR) is 46.4 cm³/mol. The Labute approximate surface area is 80.6 Å². The van der Waals surface area contributed by atoms with Crippen LogP contribution < -0.4 is 11.5 Å². The Hall–Kier alpha value is -2.03. The van der Waals surface area contributed by atoms with Crippen molar-refractivity contribution in [2.24, 2.45) is 11.5 Å². The van der Waals surface area contributed by atoms with Gasteiger partial charge in [0.25, 0.3) is 5.91 Å². The van der Waals surface area contributed by atoms with Gasteiger partial charge in [-0.25, -0.2) is 4.79 Å². The van der Waals surface area contributed by atoms with E-state index in [1.54, 1.807) is 0 Å². The second-order valence-electron chi connectivity index (χ2n) is 2.32. The van der Waals surface area contributed by atoms with Crippen LogP contribution in [0.2, 0.25) is 0 Å². The van der Waals surface area contributed by atoms with Gasteiger partial charge in [0, 0.05) is 18.3 Å². The molecule has 0 atom stereocenters. The molecular weight excluding hydrogens is 188 g/mol. The van der Waals surface area contributed by atoms with E-state index in [4.69, 9.17) is 5.73 Å². The number of nitrogens with two attached hydrogens (primary N) is 2. The van der Waals surface area contributed by atoms with Gasteiger partial charge >= 0.3 is 5.97 Å². The molecule has 0 aliphatic carbocycles. The van der Waals surface area contributed by atoms with Gasteiger partial charge in [0.1, 0.15) is 0 Å². The van der Waals surface area contributed by atoms with E-state index in [-0.39, 0.29) is 13.0 Å². The van der Waals surface area contributed by atoms with Crippen LogP contribution in [0.1, 0.15) is 12.8 Å². The number of hydrogen-bond acceptors (Lipinski definition) is 4. The number of carbonyl (C=O) groups is 3. The van der Waals surface area contributed by atoms with Crippen LogP contribution >= 0.6 is 0 Å². The van der Waals surface area contributed by atoms with Gasteiger partial charge < -0.3 is 16.2 Å². The molecule has 4 N–H and O–H groups in total. The van der Waals surface area contributed by atoms with Gasteiger partial charge in [-0.15, -0.1) is 0 Å². The van der Waals surface area contributed by atoms with Crippen LogP contribution in [0.3, 0.4) is 0 Å². The number of primary amides is 2. The topological polar surface area (TPSA) is 112 Å². The molecule has 0 aromatic rings. The molecular formula is C8H10N2O4. The van der Waals surface area contributed by atoms with Crippen LogP contribution in [0.25, 0.3) is 0 Å². The average molecular weight is 198 g/mol. The third-order valence-electron chi connectivity index (χ3n) is 1.09. The molecule has 0 aromatic carbocycles. The zero-order valence-corrected chi connectivity index (χ0v) is 7.41. The van der Waals surface area contributed by atoms with E-state index in [1.807, 2.05) is 11.8 Å². The molecule has 0 saturated heterocycles. The van der Waals surface area contributed by atoms with E-state index in [0.29, 0.717) is 6.42 Å². The molecule has 2 amide bonds. The van der Waals surface area contributed by atoms with E-state index >= 15 is 0 Å². The first-order chi connectivity index (χ1) is 6.52. The van der Waals surface area contributed by atoms with Gasteiger partial charge in [0.05, 0.1) is 6.61 Å². The summed E-state index contributed by atoms with van der Waals surface area (Å²) >= 11 is 0. The molecule has 0 fully saturated rings. The van der Waals surface area contributed by atoms with Crippen LogP contribution in [-0.2, 0) is 19.1 Å². The van der Waals surface area contributed by atoms with Crippen molar-refractivity contribution >= 4 is 17.8 Å². The predicted octanol–water partition coefficient (Wildman–Crippen LogP) is -1.72. The highest BCUT2D eigenvalue weighted by atomic mass is 16.5. The summed E-state index contributed by atoms with van der Waals surface area (Å²) in [5.41, 5.74) is 9.49. The summed E-state index contributed by atoms with van der Waals surface area (Å²) in [6, 6.07) is 0. The van der Waals surface area contributed by atoms with Crippen molar-refractivity contribution in [3.8, 4) is 11.8 Å². The molecule has 0 rings (SSSR count). The summed E-state index contributed by atoms with van der Waals surface area (Å²) in [4.78, 5) is 31.0. The average Bonchev–Trinajstić information content (AvgIpc) is 2.08. The summed E-state index contributed by atoms with van der Waals surface area (Å²) in [5.74, 6) is 1.46. The second-order valence-corrected chi connectivity index (χ2v) is 2.32. The Kier molecular flexibility index (Phi) is 5.54. The highest BCUT2D eigenvalue weighted by Gasteiger charge is 1.98. The quantitative estimate of drug-likeness (QED) is 0.242. The normalized spacial score (nSPS) is 8.29. The minimum atomic E-state index is -0.904. The van der Waals surface area contributed by atoms with Crippen molar-refractivity contribution in [2.75, 3.05) is 6.61 Å². The van der Waals surface area contributed by atoms with Gasteiger partial charge in [-0.1, -0.05) is 0 Å². The lowest BCUT2D eigenvalue weighted by atomic mass is 10.3. The van der Waals surface area contributed by atoms with Gasteiger partial charge in [0.15, 0.2) is 0 Å². The molecule has 0 saturated carbocycles. The maximum absolute atomic E-state index is 10.7. The highest BCUT2D eigenvalue weighted by molar-refractivity contribution is 5.99. The van der Waals surface area contributed by atoms with Crippen molar-refractivity contribution in [3.63, 3.8) is 0 Å². The Balaban J connectivity index is 3.61. The van der Waals surface area contributed by atoms with Crippen LogP contribution in [0.15, 0.2) is 0 Å². The standard InChI is InChI=1S/C8H10N2O4/c9-6(11)2-1-5-14-8(13)4-3-7(10)12/h1-2,5H2,(H2,9,11)(H2,10,12). The van der Waals surface area contributed by atoms with Gasteiger partial charge in [-0.2, -0.15) is 0 Å². The van der Waals surface area contributed by atoms with Crippen LogP contribution in [-0.4, -0.2) is 24.4 Å². The zero-order chi connectivity index (χ0) is 11.0. The van der Waals surface area contributed by atoms with Crippen LogP contribution in [0.5, 0.6) is 0 Å². The number of hydrogen-bond donors (Lipinski definition) is 2. The number of ether oxygens (including phenoxy) is 1. The van der Waals surface area contributed by atoms with Crippen molar-refractivity contribution in [1.29, 1.82) is 0 Å². The summed E-state index contributed by atoms with van der Waals surface area (Å²) in [6.07, 6.45) is 0.468. The Morgan fingerprint density at radius 1 is 1.14 bits per heavy atom. The first kappa shape index (κ1) is 12.0. The molecule has 0 aliphatic heterocycles.